The second-order valence-corrected chi connectivity index (χ2v) is 7.90. The fourth-order valence-corrected chi connectivity index (χ4v) is 2.84. The first-order chi connectivity index (χ1) is 16.9. The van der Waals surface area contributed by atoms with Crippen molar-refractivity contribution in [3.63, 3.8) is 0 Å². The van der Waals surface area contributed by atoms with Gasteiger partial charge in [-0.05, 0) is 25.0 Å². The number of nitrogens with zero attached hydrogens (tertiary/aromatic N) is 3. The van der Waals surface area contributed by atoms with Crippen molar-refractivity contribution in [3.05, 3.63) is 68.4 Å². The molecule has 0 aliphatic rings. The molecule has 0 saturated heterocycles. The van der Waals surface area contributed by atoms with Gasteiger partial charge in [-0.15, -0.1) is 6.58 Å². The largest absolute Gasteiger partial charge is 0.465 e. The topological polar surface area (TPSA) is 153 Å². The van der Waals surface area contributed by atoms with E-state index in [4.69, 9.17) is 9.47 Å². The molecule has 0 fully saturated rings. The van der Waals surface area contributed by atoms with Crippen LogP contribution in [0.1, 0.15) is 39.5 Å². The molecule has 0 radical (unpaired) electrons. The predicted molar refractivity (Wildman–Crippen MR) is 129 cm³/mol. The summed E-state index contributed by atoms with van der Waals surface area (Å²) in [5.41, 5.74) is -2.26. The number of carbonyl (C=O) groups excluding carboxylic acids is 4. The van der Waals surface area contributed by atoms with E-state index >= 15 is 0 Å². The molecule has 196 valence electrons. The summed E-state index contributed by atoms with van der Waals surface area (Å²) in [4.78, 5) is 85.2. The lowest BCUT2D eigenvalue weighted by atomic mass is 10.2. The first-order valence-corrected chi connectivity index (χ1v) is 11.1. The third kappa shape index (κ3) is 8.93. The van der Waals surface area contributed by atoms with E-state index in [0.717, 1.165) is 4.57 Å². The van der Waals surface area contributed by atoms with Crippen molar-refractivity contribution in [3.8, 4) is 0 Å². The third-order valence-corrected chi connectivity index (χ3v) is 4.91. The fourth-order valence-electron chi connectivity index (χ4n) is 2.84. The molecule has 0 atom stereocenters. The van der Waals surface area contributed by atoms with Crippen LogP contribution in [0.5, 0.6) is 0 Å². The van der Waals surface area contributed by atoms with Gasteiger partial charge >= 0.3 is 29.0 Å². The number of Topliss-reactive ketones (excluding diaryl/α,β-unsaturated/α-hetero) is 2. The minimum Gasteiger partial charge on any atom is -0.465 e. The summed E-state index contributed by atoms with van der Waals surface area (Å²) in [7, 11) is 0. The van der Waals surface area contributed by atoms with Crippen LogP contribution in [0.2, 0.25) is 0 Å². The zero-order valence-electron chi connectivity index (χ0n) is 20.6. The van der Waals surface area contributed by atoms with Gasteiger partial charge in [-0.2, -0.15) is 0 Å². The highest BCUT2D eigenvalue weighted by Gasteiger charge is 2.17. The van der Waals surface area contributed by atoms with Crippen LogP contribution in [-0.2, 0) is 48.3 Å². The first kappa shape index (κ1) is 29.9. The van der Waals surface area contributed by atoms with Crippen LogP contribution in [0.15, 0.2) is 51.3 Å². The van der Waals surface area contributed by atoms with Crippen LogP contribution >= 0.6 is 0 Å². The molecule has 0 aliphatic heterocycles. The molecule has 36 heavy (non-hydrogen) atoms. The molecular formula is C24H31N3O9. The molecule has 0 aromatic carbocycles. The van der Waals surface area contributed by atoms with Gasteiger partial charge in [0.05, 0.1) is 32.6 Å². The summed E-state index contributed by atoms with van der Waals surface area (Å²) >= 11 is 0. The number of aromatic nitrogens is 3. The normalized spacial score (nSPS) is 10.4. The first-order valence-electron chi connectivity index (χ1n) is 11.1. The Kier molecular flexibility index (Phi) is 11.9. The predicted octanol–water partition coefficient (Wildman–Crippen LogP) is 0.295. The molecule has 0 spiro atoms. The Morgan fingerprint density at radius 2 is 1.06 bits per heavy atom. The van der Waals surface area contributed by atoms with Gasteiger partial charge in [-0.3, -0.25) is 19.2 Å². The number of carbonyl (C=O) groups is 4. The molecule has 12 heteroatoms. The van der Waals surface area contributed by atoms with E-state index in [2.05, 4.69) is 19.7 Å². The average Bonchev–Trinajstić information content (AvgIpc) is 2.81. The van der Waals surface area contributed by atoms with Crippen molar-refractivity contribution in [2.45, 2.75) is 59.2 Å². The maximum absolute atomic E-state index is 12.8. The number of ether oxygens (including phenoxy) is 2. The van der Waals surface area contributed by atoms with Crippen molar-refractivity contribution >= 4 is 23.5 Å². The summed E-state index contributed by atoms with van der Waals surface area (Å²) in [6.45, 7) is 12.2. The maximum Gasteiger partial charge on any atom is 0.336 e. The smallest absolute Gasteiger partial charge is 0.336 e. The highest BCUT2D eigenvalue weighted by atomic mass is 16.5. The van der Waals surface area contributed by atoms with Crippen molar-refractivity contribution in [1.82, 2.24) is 13.7 Å². The van der Waals surface area contributed by atoms with Gasteiger partial charge in [0.25, 0.3) is 0 Å². The molecule has 12 nitrogen and oxygen atoms in total. The minimum atomic E-state index is -1.01. The van der Waals surface area contributed by atoms with E-state index in [0.29, 0.717) is 20.3 Å². The van der Waals surface area contributed by atoms with Crippen LogP contribution in [0.4, 0.5) is 0 Å². The average molecular weight is 506 g/mol. The number of allylic oxidation sites excluding steroid dienone is 3. The lowest BCUT2D eigenvalue weighted by Gasteiger charge is -2.13. The molecule has 1 aromatic rings. The van der Waals surface area contributed by atoms with Crippen LogP contribution in [-0.4, -0.2) is 50.4 Å². The highest BCUT2D eigenvalue weighted by Crippen LogP contribution is 1.99. The Bertz CT molecular complexity index is 1140. The lowest BCUT2D eigenvalue weighted by Crippen LogP contribution is -2.54. The molecule has 0 N–H and O–H groups in total. The molecule has 1 rings (SSSR count). The lowest BCUT2D eigenvalue weighted by molar-refractivity contribution is -0.145. The maximum atomic E-state index is 12.8. The molecular weight excluding hydrogens is 474 g/mol. The van der Waals surface area contributed by atoms with E-state index in [-0.39, 0.29) is 57.0 Å². The molecule has 0 saturated carbocycles. The Morgan fingerprint density at radius 1 is 0.694 bits per heavy atom. The fraction of sp³-hybridized carbons (Fsp3) is 0.458. The van der Waals surface area contributed by atoms with Crippen molar-refractivity contribution < 1.29 is 28.7 Å². The Morgan fingerprint density at radius 3 is 1.39 bits per heavy atom. The molecule has 1 heterocycles. The summed E-state index contributed by atoms with van der Waals surface area (Å²) in [6, 6.07) is 0. The highest BCUT2D eigenvalue weighted by molar-refractivity contribution is 5.94. The van der Waals surface area contributed by atoms with Crippen molar-refractivity contribution in [2.24, 2.45) is 0 Å². The van der Waals surface area contributed by atoms with E-state index in [9.17, 15) is 33.6 Å². The molecule has 0 unspecified atom stereocenters. The van der Waals surface area contributed by atoms with E-state index in [1.165, 1.54) is 19.9 Å². The number of hydrogen-bond acceptors (Lipinski definition) is 9. The van der Waals surface area contributed by atoms with Gasteiger partial charge < -0.3 is 9.47 Å². The van der Waals surface area contributed by atoms with Gasteiger partial charge in [-0.25, -0.2) is 28.1 Å². The van der Waals surface area contributed by atoms with Crippen LogP contribution in [0.3, 0.4) is 0 Å². The third-order valence-electron chi connectivity index (χ3n) is 4.91. The van der Waals surface area contributed by atoms with Gasteiger partial charge in [0.2, 0.25) is 0 Å². The summed E-state index contributed by atoms with van der Waals surface area (Å²) in [6.07, 6.45) is 0.440. The van der Waals surface area contributed by atoms with Crippen LogP contribution in [0, 0.1) is 0 Å². The zero-order chi connectivity index (χ0) is 27.4. The van der Waals surface area contributed by atoms with E-state index in [1.54, 1.807) is 0 Å². The number of esters is 2. The SMILES string of the molecule is C=CCn1c(=O)n(CCC(=O)OCCC(=O)C(=C)C)c(=O)n(CCC(=O)OCCC(=O)C(=C)C)c1=O. The van der Waals surface area contributed by atoms with Gasteiger partial charge in [0.15, 0.2) is 11.6 Å². The summed E-state index contributed by atoms with van der Waals surface area (Å²) in [5, 5.41) is 0. The van der Waals surface area contributed by atoms with E-state index < -0.39 is 42.1 Å². The Labute approximate surface area is 207 Å². The molecule has 0 aliphatic carbocycles. The van der Waals surface area contributed by atoms with Gasteiger partial charge in [0, 0.05) is 25.9 Å². The number of ketones is 2. The van der Waals surface area contributed by atoms with Crippen molar-refractivity contribution in [1.29, 1.82) is 0 Å². The second-order valence-electron chi connectivity index (χ2n) is 7.90. The molecule has 1 aromatic heterocycles. The number of hydrogen-bond donors (Lipinski definition) is 0. The zero-order valence-corrected chi connectivity index (χ0v) is 20.6. The summed E-state index contributed by atoms with van der Waals surface area (Å²) < 4.78 is 12.0. The van der Waals surface area contributed by atoms with Crippen molar-refractivity contribution in [2.75, 3.05) is 13.2 Å². The monoisotopic (exact) mass is 505 g/mol. The molecule has 0 amide bonds. The quantitative estimate of drug-likeness (QED) is 0.175. The Hall–Kier alpha value is -4.09. The minimum absolute atomic E-state index is 0.0461. The summed E-state index contributed by atoms with van der Waals surface area (Å²) in [5.74, 6) is -2.04. The Balaban J connectivity index is 2.95. The van der Waals surface area contributed by atoms with Crippen LogP contribution in [0.25, 0.3) is 0 Å². The van der Waals surface area contributed by atoms with Gasteiger partial charge in [0.1, 0.15) is 0 Å². The van der Waals surface area contributed by atoms with Gasteiger partial charge in [-0.1, -0.05) is 19.2 Å². The van der Waals surface area contributed by atoms with E-state index in [1.807, 2.05) is 0 Å². The standard InChI is InChI=1S/C24H31N3O9/c1-6-11-25-22(32)26(12-7-20(30)35-14-9-18(28)16(2)3)24(34)27(23(25)33)13-8-21(31)36-15-10-19(29)17(4)5/h6H,1-2,4,7-15H2,3,5H3. The number of rotatable bonds is 16. The molecule has 0 bridgehead atoms. The van der Waals surface area contributed by atoms with Crippen LogP contribution < -0.4 is 17.1 Å². The second kappa shape index (κ2) is 14.3.